The minimum absolute atomic E-state index is 0.0860. The molecule has 148 valence electrons. The summed E-state index contributed by atoms with van der Waals surface area (Å²) in [5.41, 5.74) is 3.43. The van der Waals surface area contributed by atoms with Crippen molar-refractivity contribution in [1.82, 2.24) is 10.4 Å². The van der Waals surface area contributed by atoms with Crippen molar-refractivity contribution < 1.29 is 23.5 Å². The lowest BCUT2D eigenvalue weighted by Crippen LogP contribution is -2.17. The van der Waals surface area contributed by atoms with E-state index in [0.29, 0.717) is 28.0 Å². The predicted octanol–water partition coefficient (Wildman–Crippen LogP) is 3.82. The van der Waals surface area contributed by atoms with Crippen LogP contribution in [0.5, 0.6) is 11.5 Å². The molecule has 0 atom stereocenters. The van der Waals surface area contributed by atoms with Crippen molar-refractivity contribution in [1.29, 1.82) is 0 Å². The van der Waals surface area contributed by atoms with Crippen molar-refractivity contribution >= 4 is 34.0 Å². The number of carbonyl (C=O) groups excluding carboxylic acids is 2. The van der Waals surface area contributed by atoms with E-state index in [4.69, 9.17) is 13.9 Å². The van der Waals surface area contributed by atoms with E-state index in [0.717, 1.165) is 0 Å². The highest BCUT2D eigenvalue weighted by Crippen LogP contribution is 2.29. The topological polar surface area (TPSA) is 103 Å². The van der Waals surface area contributed by atoms with E-state index in [1.54, 1.807) is 36.5 Å². The summed E-state index contributed by atoms with van der Waals surface area (Å²) in [5.74, 6) is -0.340. The van der Waals surface area contributed by atoms with Crippen LogP contribution in [-0.4, -0.2) is 29.7 Å². The third-order valence-electron chi connectivity index (χ3n) is 3.54. The molecule has 0 fully saturated rings. The fourth-order valence-corrected chi connectivity index (χ4v) is 2.63. The molecule has 0 bridgehead atoms. The molecule has 9 heteroatoms. The van der Waals surface area contributed by atoms with Crippen LogP contribution < -0.4 is 14.9 Å². The van der Waals surface area contributed by atoms with Crippen LogP contribution in [-0.2, 0) is 0 Å². The van der Waals surface area contributed by atoms with Gasteiger partial charge >= 0.3 is 5.97 Å². The molecule has 8 nitrogen and oxygen atoms in total. The van der Waals surface area contributed by atoms with Crippen molar-refractivity contribution in [2.24, 2.45) is 5.10 Å². The number of aromatic nitrogens is 1. The molecular formula is C20H16BrN3O5. The zero-order valence-corrected chi connectivity index (χ0v) is 16.9. The third kappa shape index (κ3) is 5.52. The van der Waals surface area contributed by atoms with Crippen LogP contribution in [0.1, 0.15) is 33.4 Å². The summed E-state index contributed by atoms with van der Waals surface area (Å²) in [5, 5.41) is 3.93. The first-order chi connectivity index (χ1) is 14.1. The molecule has 1 N–H and O–H groups in total. The first kappa shape index (κ1) is 20.3. The zero-order chi connectivity index (χ0) is 20.6. The monoisotopic (exact) mass is 457 g/mol. The molecule has 0 radical (unpaired) electrons. The van der Waals surface area contributed by atoms with Crippen LogP contribution in [0.25, 0.3) is 0 Å². The number of hydrogen-bond acceptors (Lipinski definition) is 7. The highest BCUT2D eigenvalue weighted by Gasteiger charge is 2.15. The number of carbonyl (C=O) groups is 2. The fraction of sp³-hybridized carbons (Fsp3) is 0.100. The Morgan fingerprint density at radius 3 is 2.83 bits per heavy atom. The van der Waals surface area contributed by atoms with Crippen molar-refractivity contribution in [3.63, 3.8) is 0 Å². The van der Waals surface area contributed by atoms with Gasteiger partial charge in [0, 0.05) is 16.9 Å². The second-order valence-corrected chi connectivity index (χ2v) is 6.51. The number of hydrogen-bond donors (Lipinski definition) is 1. The highest BCUT2D eigenvalue weighted by molar-refractivity contribution is 9.10. The van der Waals surface area contributed by atoms with Gasteiger partial charge in [0.05, 0.1) is 24.6 Å². The molecule has 1 amide bonds. The maximum absolute atomic E-state index is 12.1. The van der Waals surface area contributed by atoms with Gasteiger partial charge in [-0.1, -0.05) is 0 Å². The van der Waals surface area contributed by atoms with Crippen LogP contribution in [0, 0.1) is 0 Å². The number of esters is 1. The van der Waals surface area contributed by atoms with E-state index in [1.807, 2.05) is 6.92 Å². The summed E-state index contributed by atoms with van der Waals surface area (Å²) in [6.07, 6.45) is 5.85. The SMILES string of the molecule is CCOc1cc(C=NNC(=O)c2cncc(Br)c2)ccc1OC(=O)c1ccco1. The average Bonchev–Trinajstić information content (AvgIpc) is 3.25. The molecule has 0 aliphatic heterocycles. The van der Waals surface area contributed by atoms with Crippen molar-refractivity contribution in [2.75, 3.05) is 6.61 Å². The normalized spacial score (nSPS) is 10.7. The molecule has 2 aromatic heterocycles. The van der Waals surface area contributed by atoms with E-state index in [-0.39, 0.29) is 11.5 Å². The Labute approximate surface area is 174 Å². The molecule has 2 heterocycles. The van der Waals surface area contributed by atoms with Crippen LogP contribution >= 0.6 is 15.9 Å². The summed E-state index contributed by atoms with van der Waals surface area (Å²) < 4.78 is 16.6. The number of hydrazone groups is 1. The molecule has 0 saturated heterocycles. The van der Waals surface area contributed by atoms with Gasteiger partial charge in [-0.2, -0.15) is 5.10 Å². The molecule has 1 aromatic carbocycles. The second-order valence-electron chi connectivity index (χ2n) is 5.60. The maximum atomic E-state index is 12.1. The summed E-state index contributed by atoms with van der Waals surface area (Å²) in [4.78, 5) is 28.1. The van der Waals surface area contributed by atoms with Gasteiger partial charge in [-0.25, -0.2) is 10.2 Å². The molecule has 0 unspecified atom stereocenters. The summed E-state index contributed by atoms with van der Waals surface area (Å²) in [7, 11) is 0. The minimum Gasteiger partial charge on any atom is -0.490 e. The Morgan fingerprint density at radius 1 is 1.24 bits per heavy atom. The molecule has 3 aromatic rings. The third-order valence-corrected chi connectivity index (χ3v) is 3.97. The lowest BCUT2D eigenvalue weighted by atomic mass is 10.2. The number of nitrogens with zero attached hydrogens (tertiary/aromatic N) is 2. The molecule has 3 rings (SSSR count). The van der Waals surface area contributed by atoms with Gasteiger partial charge in [-0.15, -0.1) is 0 Å². The van der Waals surface area contributed by atoms with Gasteiger partial charge in [0.2, 0.25) is 5.76 Å². The van der Waals surface area contributed by atoms with Crippen molar-refractivity contribution in [3.05, 3.63) is 76.4 Å². The number of ether oxygens (including phenoxy) is 2. The lowest BCUT2D eigenvalue weighted by Gasteiger charge is -2.10. The van der Waals surface area contributed by atoms with Crippen molar-refractivity contribution in [3.8, 4) is 11.5 Å². The number of furan rings is 1. The van der Waals surface area contributed by atoms with E-state index in [2.05, 4.69) is 31.4 Å². The average molecular weight is 458 g/mol. The minimum atomic E-state index is -0.632. The number of rotatable bonds is 7. The Bertz CT molecular complexity index is 1030. The van der Waals surface area contributed by atoms with Crippen LogP contribution in [0.3, 0.4) is 0 Å². The molecule has 0 saturated carbocycles. The van der Waals surface area contributed by atoms with E-state index >= 15 is 0 Å². The van der Waals surface area contributed by atoms with Gasteiger partial charge in [-0.3, -0.25) is 9.78 Å². The van der Waals surface area contributed by atoms with E-state index < -0.39 is 11.9 Å². The number of nitrogens with one attached hydrogen (secondary N) is 1. The smallest absolute Gasteiger partial charge is 0.379 e. The van der Waals surface area contributed by atoms with E-state index in [1.165, 1.54) is 24.7 Å². The first-order valence-corrected chi connectivity index (χ1v) is 9.32. The Balaban J connectivity index is 1.69. The quantitative estimate of drug-likeness (QED) is 0.250. The van der Waals surface area contributed by atoms with Gasteiger partial charge < -0.3 is 13.9 Å². The molecule has 0 aliphatic rings. The lowest BCUT2D eigenvalue weighted by molar-refractivity contribution is 0.0695. The zero-order valence-electron chi connectivity index (χ0n) is 15.3. The Morgan fingerprint density at radius 2 is 2.10 bits per heavy atom. The second kappa shape index (κ2) is 9.65. The summed E-state index contributed by atoms with van der Waals surface area (Å²) >= 11 is 3.26. The molecular weight excluding hydrogens is 442 g/mol. The van der Waals surface area contributed by atoms with Gasteiger partial charge in [-0.05, 0) is 64.8 Å². The molecule has 29 heavy (non-hydrogen) atoms. The van der Waals surface area contributed by atoms with Crippen LogP contribution in [0.2, 0.25) is 0 Å². The van der Waals surface area contributed by atoms with Crippen LogP contribution in [0.4, 0.5) is 0 Å². The number of benzene rings is 1. The Hall–Kier alpha value is -3.46. The molecule has 0 aliphatic carbocycles. The number of amides is 1. The van der Waals surface area contributed by atoms with Gasteiger partial charge in [0.25, 0.3) is 5.91 Å². The maximum Gasteiger partial charge on any atom is 0.379 e. The van der Waals surface area contributed by atoms with Crippen molar-refractivity contribution in [2.45, 2.75) is 6.92 Å². The van der Waals surface area contributed by atoms with Gasteiger partial charge in [0.1, 0.15) is 0 Å². The standard InChI is InChI=1S/C20H16BrN3O5/c1-2-27-18-8-13(5-6-16(18)29-20(26)17-4-3-7-28-17)10-23-24-19(25)14-9-15(21)12-22-11-14/h3-12H,2H2,1H3,(H,24,25). The summed E-state index contributed by atoms with van der Waals surface area (Å²) in [6, 6.07) is 9.62. The number of pyridine rings is 1. The largest absolute Gasteiger partial charge is 0.490 e. The van der Waals surface area contributed by atoms with Gasteiger partial charge in [0.15, 0.2) is 11.5 Å². The van der Waals surface area contributed by atoms with E-state index in [9.17, 15) is 9.59 Å². The number of halogens is 1. The van der Waals surface area contributed by atoms with Crippen LogP contribution in [0.15, 0.2) is 69.0 Å². The fourth-order valence-electron chi connectivity index (χ4n) is 2.27. The predicted molar refractivity (Wildman–Crippen MR) is 108 cm³/mol. The molecule has 0 spiro atoms. The first-order valence-electron chi connectivity index (χ1n) is 8.53. The Kier molecular flexibility index (Phi) is 6.75. The highest BCUT2D eigenvalue weighted by atomic mass is 79.9. The summed E-state index contributed by atoms with van der Waals surface area (Å²) in [6.45, 7) is 2.18.